The number of fused-ring (bicyclic) bond motifs is 2. The van der Waals surface area contributed by atoms with Crippen LogP contribution < -0.4 is 0 Å². The van der Waals surface area contributed by atoms with Crippen LogP contribution in [0.15, 0.2) is 0 Å². The van der Waals surface area contributed by atoms with E-state index in [9.17, 15) is 0 Å². The molecule has 2 bridgehead atoms. The molecule has 1 saturated carbocycles. The number of nitrogens with zero attached hydrogens (tertiary/aromatic N) is 1. The van der Waals surface area contributed by atoms with Gasteiger partial charge >= 0.3 is 0 Å². The Kier molecular flexibility index (Phi) is 1.26. The molecule has 1 aliphatic heterocycles. The van der Waals surface area contributed by atoms with E-state index in [0.717, 1.165) is 12.0 Å². The summed E-state index contributed by atoms with van der Waals surface area (Å²) in [6.07, 6.45) is 4.51. The Morgan fingerprint density at radius 3 is 2.67 bits per heavy atom. The molecule has 2 fully saturated rings. The van der Waals surface area contributed by atoms with Gasteiger partial charge in [0, 0.05) is 12.6 Å². The van der Waals surface area contributed by atoms with E-state index in [1.165, 1.54) is 32.4 Å². The van der Waals surface area contributed by atoms with Gasteiger partial charge in [0.1, 0.15) is 0 Å². The van der Waals surface area contributed by atoms with Crippen molar-refractivity contribution in [1.29, 1.82) is 0 Å². The SMILES string of the molecule is CCN1CC2CCC1C2. The molecule has 1 saturated heterocycles. The first-order chi connectivity index (χ1) is 4.40. The van der Waals surface area contributed by atoms with Crippen LogP contribution in [0.3, 0.4) is 0 Å². The summed E-state index contributed by atoms with van der Waals surface area (Å²) in [7, 11) is 0. The van der Waals surface area contributed by atoms with Crippen LogP contribution in [0, 0.1) is 5.92 Å². The molecule has 2 rings (SSSR count). The van der Waals surface area contributed by atoms with Crippen LogP contribution in [0.2, 0.25) is 0 Å². The first-order valence-corrected chi connectivity index (χ1v) is 4.14. The van der Waals surface area contributed by atoms with Gasteiger partial charge in [-0.1, -0.05) is 6.92 Å². The van der Waals surface area contributed by atoms with Crippen LogP contribution in [0.25, 0.3) is 0 Å². The molecule has 2 atom stereocenters. The quantitative estimate of drug-likeness (QED) is 0.513. The van der Waals surface area contributed by atoms with Crippen molar-refractivity contribution in [1.82, 2.24) is 4.90 Å². The van der Waals surface area contributed by atoms with Crippen molar-refractivity contribution in [3.63, 3.8) is 0 Å². The lowest BCUT2D eigenvalue weighted by Gasteiger charge is -2.24. The minimum atomic E-state index is 0.986. The van der Waals surface area contributed by atoms with Crippen molar-refractivity contribution in [3.8, 4) is 0 Å². The van der Waals surface area contributed by atoms with E-state index in [1.54, 1.807) is 0 Å². The van der Waals surface area contributed by atoms with Gasteiger partial charge < -0.3 is 4.90 Å². The molecule has 2 unspecified atom stereocenters. The summed E-state index contributed by atoms with van der Waals surface area (Å²) in [5.74, 6) is 1.08. The molecule has 0 N–H and O–H groups in total. The number of hydrogen-bond acceptors (Lipinski definition) is 1. The standard InChI is InChI=1S/C8H15N/c1-2-9-6-7-3-4-8(9)5-7/h7-8H,2-6H2,1H3. The Balaban J connectivity index is 2.01. The van der Waals surface area contributed by atoms with Gasteiger partial charge in [0.05, 0.1) is 0 Å². The topological polar surface area (TPSA) is 3.24 Å². The smallest absolute Gasteiger partial charge is 0.00984 e. The third-order valence-electron chi connectivity index (χ3n) is 2.93. The average molecular weight is 125 g/mol. The largest absolute Gasteiger partial charge is 0.300 e. The molecule has 0 aromatic rings. The minimum Gasteiger partial charge on any atom is -0.300 e. The fraction of sp³-hybridized carbons (Fsp3) is 1.00. The molecule has 1 nitrogen and oxygen atoms in total. The zero-order valence-electron chi connectivity index (χ0n) is 6.14. The van der Waals surface area contributed by atoms with Crippen molar-refractivity contribution in [2.75, 3.05) is 13.1 Å². The van der Waals surface area contributed by atoms with Crippen LogP contribution in [-0.4, -0.2) is 24.0 Å². The van der Waals surface area contributed by atoms with E-state index in [4.69, 9.17) is 0 Å². The maximum Gasteiger partial charge on any atom is 0.00984 e. The lowest BCUT2D eigenvalue weighted by Crippen LogP contribution is -2.31. The highest BCUT2D eigenvalue weighted by Gasteiger charge is 2.36. The summed E-state index contributed by atoms with van der Waals surface area (Å²) in [5.41, 5.74) is 0. The summed E-state index contributed by atoms with van der Waals surface area (Å²) in [6.45, 7) is 4.96. The number of hydrogen-bond donors (Lipinski definition) is 0. The summed E-state index contributed by atoms with van der Waals surface area (Å²) in [6, 6.07) is 0.986. The van der Waals surface area contributed by atoms with Crippen molar-refractivity contribution in [3.05, 3.63) is 0 Å². The van der Waals surface area contributed by atoms with Gasteiger partial charge in [-0.25, -0.2) is 0 Å². The van der Waals surface area contributed by atoms with Gasteiger partial charge in [0.2, 0.25) is 0 Å². The molecule has 0 aromatic carbocycles. The van der Waals surface area contributed by atoms with Crippen LogP contribution >= 0.6 is 0 Å². The number of piperidine rings is 1. The molecule has 0 spiro atoms. The Morgan fingerprint density at radius 2 is 2.33 bits per heavy atom. The van der Waals surface area contributed by atoms with Gasteiger partial charge in [0.15, 0.2) is 0 Å². The maximum atomic E-state index is 2.63. The lowest BCUT2D eigenvalue weighted by molar-refractivity contribution is 0.225. The molecule has 0 amide bonds. The Labute approximate surface area is 57.0 Å². The lowest BCUT2D eigenvalue weighted by atomic mass is 10.1. The van der Waals surface area contributed by atoms with Crippen molar-refractivity contribution in [2.45, 2.75) is 32.2 Å². The maximum absolute atomic E-state index is 2.63. The summed E-state index contributed by atoms with van der Waals surface area (Å²) < 4.78 is 0. The first-order valence-electron chi connectivity index (χ1n) is 4.14. The second kappa shape index (κ2) is 1.98. The van der Waals surface area contributed by atoms with Gasteiger partial charge in [0.25, 0.3) is 0 Å². The zero-order chi connectivity index (χ0) is 6.27. The van der Waals surface area contributed by atoms with Crippen LogP contribution in [-0.2, 0) is 0 Å². The van der Waals surface area contributed by atoms with E-state index in [-0.39, 0.29) is 0 Å². The van der Waals surface area contributed by atoms with E-state index in [2.05, 4.69) is 11.8 Å². The van der Waals surface area contributed by atoms with E-state index in [1.807, 2.05) is 0 Å². The zero-order valence-corrected chi connectivity index (χ0v) is 6.14. The molecule has 1 aliphatic carbocycles. The third-order valence-corrected chi connectivity index (χ3v) is 2.93. The fourth-order valence-electron chi connectivity index (χ4n) is 2.41. The molecule has 0 aromatic heterocycles. The molecule has 1 heteroatoms. The Bertz CT molecular complexity index is 111. The predicted molar refractivity (Wildman–Crippen MR) is 38.4 cm³/mol. The van der Waals surface area contributed by atoms with Crippen LogP contribution in [0.5, 0.6) is 0 Å². The average Bonchev–Trinajstić information content (AvgIpc) is 2.45. The molecular weight excluding hydrogens is 110 g/mol. The van der Waals surface area contributed by atoms with Gasteiger partial charge in [-0.15, -0.1) is 0 Å². The highest BCUT2D eigenvalue weighted by atomic mass is 15.2. The third kappa shape index (κ3) is 0.787. The van der Waals surface area contributed by atoms with Crippen molar-refractivity contribution in [2.24, 2.45) is 5.92 Å². The Morgan fingerprint density at radius 1 is 1.44 bits per heavy atom. The summed E-state index contributed by atoms with van der Waals surface area (Å²) in [5, 5.41) is 0. The fourth-order valence-corrected chi connectivity index (χ4v) is 2.41. The molecule has 52 valence electrons. The van der Waals surface area contributed by atoms with E-state index in [0.29, 0.717) is 0 Å². The van der Waals surface area contributed by atoms with Crippen molar-refractivity contribution >= 4 is 0 Å². The minimum absolute atomic E-state index is 0.986. The molecule has 1 heterocycles. The van der Waals surface area contributed by atoms with E-state index < -0.39 is 0 Å². The molecular formula is C8H15N. The number of rotatable bonds is 1. The van der Waals surface area contributed by atoms with Crippen LogP contribution in [0.1, 0.15) is 26.2 Å². The predicted octanol–water partition coefficient (Wildman–Crippen LogP) is 1.49. The number of likely N-dealkylation sites (tertiary alicyclic amines) is 1. The molecule has 2 aliphatic rings. The highest BCUT2D eigenvalue weighted by molar-refractivity contribution is 4.91. The summed E-state index contributed by atoms with van der Waals surface area (Å²) in [4.78, 5) is 2.63. The highest BCUT2D eigenvalue weighted by Crippen LogP contribution is 2.36. The molecule has 9 heavy (non-hydrogen) atoms. The molecule has 0 radical (unpaired) electrons. The summed E-state index contributed by atoms with van der Waals surface area (Å²) >= 11 is 0. The van der Waals surface area contributed by atoms with Gasteiger partial charge in [-0.05, 0) is 31.7 Å². The van der Waals surface area contributed by atoms with Gasteiger partial charge in [-0.3, -0.25) is 0 Å². The first kappa shape index (κ1) is 5.72. The van der Waals surface area contributed by atoms with Crippen LogP contribution in [0.4, 0.5) is 0 Å². The normalized spacial score (nSPS) is 42.3. The van der Waals surface area contributed by atoms with Crippen molar-refractivity contribution < 1.29 is 0 Å². The van der Waals surface area contributed by atoms with E-state index >= 15 is 0 Å². The second-order valence-electron chi connectivity index (χ2n) is 3.42. The second-order valence-corrected chi connectivity index (χ2v) is 3.42. The monoisotopic (exact) mass is 125 g/mol. The van der Waals surface area contributed by atoms with Gasteiger partial charge in [-0.2, -0.15) is 0 Å². The Hall–Kier alpha value is -0.0400.